The van der Waals surface area contributed by atoms with Crippen LogP contribution in [0.25, 0.3) is 0 Å². The van der Waals surface area contributed by atoms with Crippen molar-refractivity contribution in [3.8, 4) is 5.75 Å². The van der Waals surface area contributed by atoms with Gasteiger partial charge in [-0.25, -0.2) is 14.8 Å². The van der Waals surface area contributed by atoms with E-state index in [4.69, 9.17) is 4.74 Å². The lowest BCUT2D eigenvalue weighted by Gasteiger charge is -2.32. The molecule has 0 aliphatic carbocycles. The first-order valence-electron chi connectivity index (χ1n) is 8.97. The summed E-state index contributed by atoms with van der Waals surface area (Å²) in [6.45, 7) is 5.56. The number of nitrogens with one attached hydrogen (secondary N) is 2. The molecule has 0 radical (unpaired) electrons. The molecular weight excluding hydrogens is 330 g/mol. The van der Waals surface area contributed by atoms with Gasteiger partial charge in [-0.05, 0) is 44.9 Å². The van der Waals surface area contributed by atoms with Crippen LogP contribution in [0.3, 0.4) is 0 Å². The van der Waals surface area contributed by atoms with E-state index in [2.05, 4.69) is 25.5 Å². The maximum atomic E-state index is 12.4. The molecule has 0 spiro atoms. The third-order valence-corrected chi connectivity index (χ3v) is 4.16. The molecular formula is C19H25N5O2. The van der Waals surface area contributed by atoms with Crippen molar-refractivity contribution in [1.29, 1.82) is 0 Å². The first-order valence-corrected chi connectivity index (χ1v) is 8.97. The lowest BCUT2D eigenvalue weighted by atomic mass is 10.1. The summed E-state index contributed by atoms with van der Waals surface area (Å²) in [4.78, 5) is 23.1. The first kappa shape index (κ1) is 18.0. The summed E-state index contributed by atoms with van der Waals surface area (Å²) in [7, 11) is 0. The van der Waals surface area contributed by atoms with Crippen molar-refractivity contribution in [3.63, 3.8) is 0 Å². The van der Waals surface area contributed by atoms with E-state index in [-0.39, 0.29) is 18.2 Å². The van der Waals surface area contributed by atoms with Crippen molar-refractivity contribution in [2.45, 2.75) is 38.8 Å². The zero-order valence-electron chi connectivity index (χ0n) is 15.2. The Balaban J connectivity index is 1.51. The Labute approximate surface area is 153 Å². The number of hydrogen-bond donors (Lipinski definition) is 2. The first-order chi connectivity index (χ1) is 12.6. The van der Waals surface area contributed by atoms with E-state index < -0.39 is 0 Å². The fraction of sp³-hybridized carbons (Fsp3) is 0.421. The van der Waals surface area contributed by atoms with Crippen molar-refractivity contribution < 1.29 is 9.53 Å². The lowest BCUT2D eigenvalue weighted by Crippen LogP contribution is -2.46. The summed E-state index contributed by atoms with van der Waals surface area (Å²) < 4.78 is 5.74. The van der Waals surface area contributed by atoms with E-state index in [1.54, 1.807) is 12.4 Å². The largest absolute Gasteiger partial charge is 0.489 e. The molecule has 0 bridgehead atoms. The van der Waals surface area contributed by atoms with Crippen LogP contribution in [-0.4, -0.2) is 41.2 Å². The third-order valence-electron chi connectivity index (χ3n) is 4.16. The number of nitrogens with zero attached hydrogens (tertiary/aromatic N) is 3. The molecule has 3 rings (SSSR count). The summed E-state index contributed by atoms with van der Waals surface area (Å²) in [6.07, 6.45) is 5.25. The molecule has 7 heteroatoms. The van der Waals surface area contributed by atoms with Crippen LogP contribution in [0.4, 0.5) is 16.4 Å². The second-order valence-corrected chi connectivity index (χ2v) is 6.57. The number of rotatable bonds is 5. The number of urea groups is 1. The molecule has 2 N–H and O–H groups in total. The number of anilines is 2. The Hall–Kier alpha value is -2.83. The summed E-state index contributed by atoms with van der Waals surface area (Å²) in [5.74, 6) is 1.42. The smallest absolute Gasteiger partial charge is 0.319 e. The van der Waals surface area contributed by atoms with Gasteiger partial charge in [0.25, 0.3) is 0 Å². The Kier molecular flexibility index (Phi) is 5.88. The number of carbonyl (C=O) groups excluding carboxylic acids is 1. The standard InChI is InChI=1S/C19H25N5O2/c1-14(2)26-17-7-4-3-6-16(17)23-19(25)22-15-8-12-24(13-9-15)18-20-10-5-11-21-18/h3-7,10-11,14-15H,8-9,12-13H2,1-2H3,(H2,22,23,25). The van der Waals surface area contributed by atoms with Gasteiger partial charge in [0.1, 0.15) is 5.75 Å². The van der Waals surface area contributed by atoms with Gasteiger partial charge >= 0.3 is 6.03 Å². The van der Waals surface area contributed by atoms with Gasteiger partial charge in [-0.1, -0.05) is 12.1 Å². The van der Waals surface area contributed by atoms with Crippen LogP contribution < -0.4 is 20.3 Å². The van der Waals surface area contributed by atoms with Gasteiger partial charge in [0.05, 0.1) is 11.8 Å². The molecule has 2 amide bonds. The summed E-state index contributed by atoms with van der Waals surface area (Å²) in [6, 6.07) is 9.19. The SMILES string of the molecule is CC(C)Oc1ccccc1NC(=O)NC1CCN(c2ncccn2)CC1. The number of para-hydroxylation sites is 2. The van der Waals surface area contributed by atoms with Crippen molar-refractivity contribution in [2.24, 2.45) is 0 Å². The van der Waals surface area contributed by atoms with Crippen LogP contribution in [0, 0.1) is 0 Å². The normalized spacial score (nSPS) is 15.0. The van der Waals surface area contributed by atoms with Crippen LogP contribution in [0.2, 0.25) is 0 Å². The molecule has 0 saturated carbocycles. The molecule has 26 heavy (non-hydrogen) atoms. The number of aromatic nitrogens is 2. The molecule has 2 aromatic rings. The van der Waals surface area contributed by atoms with Crippen LogP contribution >= 0.6 is 0 Å². The molecule has 1 aromatic carbocycles. The number of benzene rings is 1. The number of ether oxygens (including phenoxy) is 1. The van der Waals surface area contributed by atoms with E-state index in [1.807, 2.05) is 44.2 Å². The molecule has 7 nitrogen and oxygen atoms in total. The summed E-state index contributed by atoms with van der Waals surface area (Å²) >= 11 is 0. The van der Waals surface area contributed by atoms with Gasteiger partial charge in [0.2, 0.25) is 5.95 Å². The average Bonchev–Trinajstić information content (AvgIpc) is 2.64. The predicted octanol–water partition coefficient (Wildman–Crippen LogP) is 3.05. The fourth-order valence-electron chi connectivity index (χ4n) is 2.95. The maximum absolute atomic E-state index is 12.4. The monoisotopic (exact) mass is 355 g/mol. The van der Waals surface area contributed by atoms with Gasteiger partial charge in [-0.2, -0.15) is 0 Å². The molecule has 1 aromatic heterocycles. The predicted molar refractivity (Wildman–Crippen MR) is 102 cm³/mol. The van der Waals surface area contributed by atoms with Gasteiger partial charge < -0.3 is 20.3 Å². The minimum absolute atomic E-state index is 0.0468. The Morgan fingerprint density at radius 1 is 1.15 bits per heavy atom. The van der Waals surface area contributed by atoms with E-state index in [9.17, 15) is 4.79 Å². The van der Waals surface area contributed by atoms with Crippen LogP contribution in [0.15, 0.2) is 42.7 Å². The van der Waals surface area contributed by atoms with Gasteiger partial charge in [-0.3, -0.25) is 0 Å². The summed E-state index contributed by atoms with van der Waals surface area (Å²) in [5, 5.41) is 5.94. The molecule has 2 heterocycles. The Morgan fingerprint density at radius 2 is 1.85 bits per heavy atom. The highest BCUT2D eigenvalue weighted by Gasteiger charge is 2.22. The molecule has 0 unspecified atom stereocenters. The van der Waals surface area contributed by atoms with Gasteiger partial charge in [0.15, 0.2) is 0 Å². The second kappa shape index (κ2) is 8.51. The number of amides is 2. The Bertz CT molecular complexity index is 715. The van der Waals surface area contributed by atoms with Gasteiger partial charge in [-0.15, -0.1) is 0 Å². The topological polar surface area (TPSA) is 79.4 Å². The molecule has 0 atom stereocenters. The van der Waals surface area contributed by atoms with Crippen molar-refractivity contribution in [3.05, 3.63) is 42.7 Å². The van der Waals surface area contributed by atoms with E-state index in [0.29, 0.717) is 11.4 Å². The highest BCUT2D eigenvalue weighted by molar-refractivity contribution is 5.91. The lowest BCUT2D eigenvalue weighted by molar-refractivity contribution is 0.240. The molecule has 138 valence electrons. The second-order valence-electron chi connectivity index (χ2n) is 6.57. The zero-order chi connectivity index (χ0) is 18.4. The van der Waals surface area contributed by atoms with E-state index in [0.717, 1.165) is 31.9 Å². The van der Waals surface area contributed by atoms with Crippen molar-refractivity contribution in [1.82, 2.24) is 15.3 Å². The minimum Gasteiger partial charge on any atom is -0.489 e. The highest BCUT2D eigenvalue weighted by atomic mass is 16.5. The number of carbonyl (C=O) groups is 1. The highest BCUT2D eigenvalue weighted by Crippen LogP contribution is 2.25. The zero-order valence-corrected chi connectivity index (χ0v) is 15.2. The van der Waals surface area contributed by atoms with Gasteiger partial charge in [0, 0.05) is 31.5 Å². The molecule has 1 fully saturated rings. The van der Waals surface area contributed by atoms with Crippen LogP contribution in [0.1, 0.15) is 26.7 Å². The maximum Gasteiger partial charge on any atom is 0.319 e. The minimum atomic E-state index is -0.209. The molecule has 1 aliphatic heterocycles. The molecule has 1 aliphatic rings. The fourth-order valence-corrected chi connectivity index (χ4v) is 2.95. The number of piperidine rings is 1. The molecule has 1 saturated heterocycles. The Morgan fingerprint density at radius 3 is 2.54 bits per heavy atom. The van der Waals surface area contributed by atoms with E-state index >= 15 is 0 Å². The summed E-state index contributed by atoms with van der Waals surface area (Å²) in [5.41, 5.74) is 0.675. The van der Waals surface area contributed by atoms with E-state index in [1.165, 1.54) is 0 Å². The van der Waals surface area contributed by atoms with Crippen LogP contribution in [-0.2, 0) is 0 Å². The van der Waals surface area contributed by atoms with Crippen molar-refractivity contribution >= 4 is 17.7 Å². The average molecular weight is 355 g/mol. The van der Waals surface area contributed by atoms with Crippen molar-refractivity contribution in [2.75, 3.05) is 23.3 Å². The van der Waals surface area contributed by atoms with Crippen LogP contribution in [0.5, 0.6) is 5.75 Å². The quantitative estimate of drug-likeness (QED) is 0.862. The third kappa shape index (κ3) is 4.84. The number of hydrogen-bond acceptors (Lipinski definition) is 5.